The predicted octanol–water partition coefficient (Wildman–Crippen LogP) is 4.01. The fourth-order valence-corrected chi connectivity index (χ4v) is 4.16. The molecule has 22 heavy (non-hydrogen) atoms. The maximum Gasteiger partial charge on any atom is 0.223 e. The molecule has 0 saturated heterocycles. The van der Waals surface area contributed by atoms with Crippen molar-refractivity contribution in [2.75, 3.05) is 0 Å². The van der Waals surface area contributed by atoms with Crippen LogP contribution in [-0.2, 0) is 16.1 Å². The average molecular weight is 340 g/mol. The van der Waals surface area contributed by atoms with Gasteiger partial charge in [0, 0.05) is 34.3 Å². The van der Waals surface area contributed by atoms with Crippen molar-refractivity contribution in [1.82, 2.24) is 5.32 Å². The third kappa shape index (κ3) is 3.31. The Balaban J connectivity index is 1.59. The van der Waals surface area contributed by atoms with Crippen molar-refractivity contribution in [3.8, 4) is 0 Å². The van der Waals surface area contributed by atoms with Crippen LogP contribution < -0.4 is 5.32 Å². The van der Waals surface area contributed by atoms with E-state index in [0.717, 1.165) is 24.8 Å². The largest absolute Gasteiger partial charge is 0.352 e. The molecule has 3 rings (SSSR count). The second-order valence-corrected chi connectivity index (χ2v) is 7.19. The van der Waals surface area contributed by atoms with E-state index >= 15 is 0 Å². The molecule has 2 aliphatic carbocycles. The number of fused-ring (bicyclic) bond motifs is 2. The molecule has 3 atom stereocenters. The van der Waals surface area contributed by atoms with Gasteiger partial charge < -0.3 is 5.32 Å². The standard InChI is InChI=1S/C17H19Cl2NO2/c18-14-5-4-12(15(19)8-14)9-20-17(22)13-6-10-2-1-3-11(7-13)16(10)21/h4-5,8,10-11,13H,1-3,6-7,9H2,(H,20,22)/t10-,11+,13?. The smallest absolute Gasteiger partial charge is 0.223 e. The highest BCUT2D eigenvalue weighted by Crippen LogP contribution is 2.40. The van der Waals surface area contributed by atoms with Crippen LogP contribution in [0.1, 0.15) is 37.7 Å². The van der Waals surface area contributed by atoms with Crippen molar-refractivity contribution in [2.24, 2.45) is 17.8 Å². The molecule has 2 aliphatic rings. The summed E-state index contributed by atoms with van der Waals surface area (Å²) in [7, 11) is 0. The molecule has 0 radical (unpaired) electrons. The fourth-order valence-electron chi connectivity index (χ4n) is 3.69. The van der Waals surface area contributed by atoms with Crippen LogP contribution in [0.2, 0.25) is 10.0 Å². The lowest BCUT2D eigenvalue weighted by molar-refractivity contribution is -0.137. The third-order valence-corrected chi connectivity index (χ3v) is 5.47. The summed E-state index contributed by atoms with van der Waals surface area (Å²) in [6, 6.07) is 5.26. The van der Waals surface area contributed by atoms with Gasteiger partial charge in [-0.3, -0.25) is 9.59 Å². The number of halogens is 2. The molecule has 1 amide bonds. The summed E-state index contributed by atoms with van der Waals surface area (Å²) in [5.41, 5.74) is 0.853. The maximum absolute atomic E-state index is 12.4. The van der Waals surface area contributed by atoms with Crippen LogP contribution >= 0.6 is 23.2 Å². The molecule has 1 unspecified atom stereocenters. The van der Waals surface area contributed by atoms with Crippen LogP contribution in [0, 0.1) is 17.8 Å². The molecule has 1 aromatic carbocycles. The number of carbonyl (C=O) groups excluding carboxylic acids is 2. The van der Waals surface area contributed by atoms with Gasteiger partial charge in [0.25, 0.3) is 0 Å². The SMILES string of the molecule is O=C(NCc1ccc(Cl)cc1Cl)C1C[C@H]2CCC[C@@H](C1)C2=O. The number of hydrogen-bond acceptors (Lipinski definition) is 2. The third-order valence-electron chi connectivity index (χ3n) is 4.89. The van der Waals surface area contributed by atoms with Crippen molar-refractivity contribution < 1.29 is 9.59 Å². The Bertz CT molecular complexity index is 586. The van der Waals surface area contributed by atoms with Gasteiger partial charge >= 0.3 is 0 Å². The number of hydrogen-bond donors (Lipinski definition) is 1. The molecule has 5 heteroatoms. The lowest BCUT2D eigenvalue weighted by Crippen LogP contribution is -2.42. The van der Waals surface area contributed by atoms with Crippen molar-refractivity contribution in [2.45, 2.75) is 38.6 Å². The Hall–Kier alpha value is -1.06. The Kier molecular flexibility index (Phi) is 4.74. The summed E-state index contributed by atoms with van der Waals surface area (Å²) < 4.78 is 0. The second kappa shape index (κ2) is 6.59. The van der Waals surface area contributed by atoms with Crippen LogP contribution in [0.15, 0.2) is 18.2 Å². The second-order valence-electron chi connectivity index (χ2n) is 6.35. The van der Waals surface area contributed by atoms with Crippen LogP contribution in [0.5, 0.6) is 0 Å². The van der Waals surface area contributed by atoms with E-state index in [1.165, 1.54) is 0 Å². The minimum Gasteiger partial charge on any atom is -0.352 e. The van der Waals surface area contributed by atoms with E-state index < -0.39 is 0 Å². The molecular formula is C17H19Cl2NO2. The van der Waals surface area contributed by atoms with E-state index in [9.17, 15) is 9.59 Å². The van der Waals surface area contributed by atoms with E-state index in [2.05, 4.69) is 5.32 Å². The number of rotatable bonds is 3. The quantitative estimate of drug-likeness (QED) is 0.904. The summed E-state index contributed by atoms with van der Waals surface area (Å²) in [4.78, 5) is 24.5. The van der Waals surface area contributed by atoms with Gasteiger partial charge in [0.1, 0.15) is 5.78 Å². The first-order valence-corrected chi connectivity index (χ1v) is 8.55. The number of carbonyl (C=O) groups is 2. The highest BCUT2D eigenvalue weighted by atomic mass is 35.5. The van der Waals surface area contributed by atoms with Gasteiger partial charge in [-0.15, -0.1) is 0 Å². The summed E-state index contributed by atoms with van der Waals surface area (Å²) in [5, 5.41) is 4.10. The maximum atomic E-state index is 12.4. The fraction of sp³-hybridized carbons (Fsp3) is 0.529. The van der Waals surface area contributed by atoms with Crippen molar-refractivity contribution in [1.29, 1.82) is 0 Å². The number of nitrogens with one attached hydrogen (secondary N) is 1. The molecule has 0 spiro atoms. The monoisotopic (exact) mass is 339 g/mol. The van der Waals surface area contributed by atoms with Gasteiger partial charge in [0.15, 0.2) is 0 Å². The minimum atomic E-state index is -0.0425. The molecule has 118 valence electrons. The molecule has 2 fully saturated rings. The molecular weight excluding hydrogens is 321 g/mol. The molecule has 1 N–H and O–H groups in total. The highest BCUT2D eigenvalue weighted by molar-refractivity contribution is 6.35. The van der Waals surface area contributed by atoms with Gasteiger partial charge in [-0.25, -0.2) is 0 Å². The Morgan fingerprint density at radius 2 is 1.86 bits per heavy atom. The first-order chi connectivity index (χ1) is 10.5. The molecule has 0 aliphatic heterocycles. The molecule has 2 bridgehead atoms. The lowest BCUT2D eigenvalue weighted by Gasteiger charge is -2.36. The summed E-state index contributed by atoms with van der Waals surface area (Å²) in [5.74, 6) is 0.579. The predicted molar refractivity (Wildman–Crippen MR) is 86.9 cm³/mol. The van der Waals surface area contributed by atoms with Crippen molar-refractivity contribution in [3.63, 3.8) is 0 Å². The van der Waals surface area contributed by atoms with E-state index in [1.807, 2.05) is 6.07 Å². The van der Waals surface area contributed by atoms with Crippen molar-refractivity contribution >= 4 is 34.9 Å². The highest BCUT2D eigenvalue weighted by Gasteiger charge is 2.41. The van der Waals surface area contributed by atoms with Crippen LogP contribution in [0.4, 0.5) is 0 Å². The molecule has 1 aromatic rings. The van der Waals surface area contributed by atoms with Gasteiger partial charge in [0.05, 0.1) is 0 Å². The van der Waals surface area contributed by atoms with Crippen LogP contribution in [0.25, 0.3) is 0 Å². The number of Topliss-reactive ketones (excluding diaryl/α,β-unsaturated/α-hetero) is 1. The summed E-state index contributed by atoms with van der Waals surface area (Å²) in [6.45, 7) is 0.397. The normalized spacial score (nSPS) is 27.5. The van der Waals surface area contributed by atoms with Crippen molar-refractivity contribution in [3.05, 3.63) is 33.8 Å². The number of amides is 1. The summed E-state index contributed by atoms with van der Waals surface area (Å²) in [6.07, 6.45) is 4.42. The van der Waals surface area contributed by atoms with E-state index in [4.69, 9.17) is 23.2 Å². The zero-order chi connectivity index (χ0) is 15.7. The Morgan fingerprint density at radius 3 is 2.50 bits per heavy atom. The van der Waals surface area contributed by atoms with Gasteiger partial charge in [-0.1, -0.05) is 35.7 Å². The van der Waals surface area contributed by atoms with Crippen LogP contribution in [-0.4, -0.2) is 11.7 Å². The zero-order valence-corrected chi connectivity index (χ0v) is 13.8. The lowest BCUT2D eigenvalue weighted by atomic mass is 9.67. The van der Waals surface area contributed by atoms with Gasteiger partial charge in [-0.2, -0.15) is 0 Å². The molecule has 3 nitrogen and oxygen atoms in total. The first kappa shape index (κ1) is 15.8. The summed E-state index contributed by atoms with van der Waals surface area (Å²) >= 11 is 12.0. The average Bonchev–Trinajstić information content (AvgIpc) is 2.45. The molecule has 0 heterocycles. The Labute approximate surface area is 140 Å². The van der Waals surface area contributed by atoms with E-state index in [-0.39, 0.29) is 23.7 Å². The zero-order valence-electron chi connectivity index (χ0n) is 12.3. The van der Waals surface area contributed by atoms with Gasteiger partial charge in [0.2, 0.25) is 5.91 Å². The topological polar surface area (TPSA) is 46.2 Å². The van der Waals surface area contributed by atoms with E-state index in [0.29, 0.717) is 35.2 Å². The van der Waals surface area contributed by atoms with Crippen LogP contribution in [0.3, 0.4) is 0 Å². The molecule has 0 aromatic heterocycles. The first-order valence-electron chi connectivity index (χ1n) is 7.80. The number of ketones is 1. The van der Waals surface area contributed by atoms with E-state index in [1.54, 1.807) is 12.1 Å². The number of benzene rings is 1. The molecule has 2 saturated carbocycles. The van der Waals surface area contributed by atoms with Gasteiger partial charge in [-0.05, 0) is 43.4 Å². The minimum absolute atomic E-state index is 0.0374. The Morgan fingerprint density at radius 1 is 1.18 bits per heavy atom.